The Labute approximate surface area is 69.0 Å². The zero-order valence-corrected chi connectivity index (χ0v) is 6.61. The minimum Gasteiger partial charge on any atom is -0.480 e. The van der Waals surface area contributed by atoms with Crippen LogP contribution in [0.2, 0.25) is 0 Å². The topological polar surface area (TPSA) is 90.9 Å². The van der Waals surface area contributed by atoms with Gasteiger partial charge in [-0.2, -0.15) is 0 Å². The summed E-state index contributed by atoms with van der Waals surface area (Å²) >= 11 is 0. The van der Waals surface area contributed by atoms with E-state index in [1.54, 1.807) is 13.2 Å². The number of nitrogens with zero attached hydrogens (tertiary/aromatic N) is 2. The van der Waals surface area contributed by atoms with Gasteiger partial charge < -0.3 is 10.4 Å². The number of hydrogen-bond acceptors (Lipinski definition) is 4. The minimum atomic E-state index is -0.888. The van der Waals surface area contributed by atoms with E-state index in [9.17, 15) is 4.79 Å². The molecule has 12 heavy (non-hydrogen) atoms. The van der Waals surface area contributed by atoms with E-state index in [0.29, 0.717) is 12.1 Å². The zero-order valence-electron chi connectivity index (χ0n) is 6.61. The molecule has 1 aromatic rings. The lowest BCUT2D eigenvalue weighted by molar-refractivity contribution is -0.139. The first-order valence-electron chi connectivity index (χ1n) is 3.49. The van der Waals surface area contributed by atoms with Crippen molar-refractivity contribution in [2.75, 3.05) is 7.05 Å². The van der Waals surface area contributed by atoms with Crippen LogP contribution in [0.5, 0.6) is 0 Å². The number of likely N-dealkylation sites (N-methyl/N-ethyl adjacent to an activating group) is 1. The molecule has 1 atom stereocenters. The number of H-pyrrole nitrogens is 1. The summed E-state index contributed by atoms with van der Waals surface area (Å²) in [7, 11) is 1.60. The highest BCUT2D eigenvalue weighted by molar-refractivity contribution is 5.73. The Hall–Kier alpha value is -1.43. The molecule has 3 N–H and O–H groups in total. The molecule has 0 fully saturated rings. The predicted molar refractivity (Wildman–Crippen MR) is 40.6 cm³/mol. The van der Waals surface area contributed by atoms with Crippen molar-refractivity contribution in [3.63, 3.8) is 0 Å². The first-order valence-corrected chi connectivity index (χ1v) is 3.49. The maximum absolute atomic E-state index is 10.5. The third-order valence-electron chi connectivity index (χ3n) is 1.53. The summed E-state index contributed by atoms with van der Waals surface area (Å²) in [5.41, 5.74) is 0.636. The molecule has 0 saturated carbocycles. The summed E-state index contributed by atoms with van der Waals surface area (Å²) in [5.74, 6) is -0.888. The molecular weight excluding hydrogens is 160 g/mol. The van der Waals surface area contributed by atoms with Crippen LogP contribution in [0.3, 0.4) is 0 Å². The minimum absolute atomic E-state index is 0.336. The Morgan fingerprint density at radius 3 is 3.08 bits per heavy atom. The van der Waals surface area contributed by atoms with E-state index in [0.717, 1.165) is 0 Å². The second-order valence-corrected chi connectivity index (χ2v) is 2.35. The molecule has 0 bridgehead atoms. The van der Waals surface area contributed by atoms with Gasteiger partial charge in [0.2, 0.25) is 0 Å². The Morgan fingerprint density at radius 2 is 2.67 bits per heavy atom. The molecule has 0 saturated heterocycles. The molecule has 0 spiro atoms. The average Bonchev–Trinajstić information content (AvgIpc) is 2.51. The summed E-state index contributed by atoms with van der Waals surface area (Å²) in [6, 6.07) is -0.602. The van der Waals surface area contributed by atoms with Gasteiger partial charge in [0, 0.05) is 12.6 Å². The molecule has 0 aliphatic carbocycles. The Morgan fingerprint density at radius 1 is 1.92 bits per heavy atom. The van der Waals surface area contributed by atoms with Crippen LogP contribution in [0.4, 0.5) is 0 Å². The Kier molecular flexibility index (Phi) is 2.76. The summed E-state index contributed by atoms with van der Waals surface area (Å²) < 4.78 is 0. The molecule has 6 heteroatoms. The first-order chi connectivity index (χ1) is 5.74. The van der Waals surface area contributed by atoms with Crippen LogP contribution in [0.1, 0.15) is 5.69 Å². The predicted octanol–water partition coefficient (Wildman–Crippen LogP) is -0.980. The van der Waals surface area contributed by atoms with E-state index in [1.807, 2.05) is 0 Å². The lowest BCUT2D eigenvalue weighted by atomic mass is 10.2. The van der Waals surface area contributed by atoms with Crippen molar-refractivity contribution in [3.05, 3.63) is 11.9 Å². The second kappa shape index (κ2) is 3.82. The summed E-state index contributed by atoms with van der Waals surface area (Å²) in [4.78, 5) is 10.5. The monoisotopic (exact) mass is 170 g/mol. The van der Waals surface area contributed by atoms with Crippen LogP contribution in [0.25, 0.3) is 0 Å². The lowest BCUT2D eigenvalue weighted by Crippen LogP contribution is -2.35. The van der Waals surface area contributed by atoms with Crippen molar-refractivity contribution in [1.29, 1.82) is 0 Å². The van der Waals surface area contributed by atoms with Gasteiger partial charge in [0.1, 0.15) is 6.04 Å². The highest BCUT2D eigenvalue weighted by atomic mass is 16.4. The van der Waals surface area contributed by atoms with E-state index in [1.165, 1.54) is 0 Å². The lowest BCUT2D eigenvalue weighted by Gasteiger charge is -2.07. The number of nitrogens with one attached hydrogen (secondary N) is 2. The average molecular weight is 170 g/mol. The van der Waals surface area contributed by atoms with E-state index < -0.39 is 12.0 Å². The fourth-order valence-electron chi connectivity index (χ4n) is 0.847. The molecule has 0 aromatic carbocycles. The molecule has 0 radical (unpaired) electrons. The smallest absolute Gasteiger partial charge is 0.321 e. The van der Waals surface area contributed by atoms with Crippen LogP contribution in [-0.4, -0.2) is 39.6 Å². The highest BCUT2D eigenvalue weighted by Crippen LogP contribution is 1.96. The van der Waals surface area contributed by atoms with Crippen molar-refractivity contribution in [2.45, 2.75) is 12.5 Å². The Balaban J connectivity index is 2.54. The van der Waals surface area contributed by atoms with Crippen LogP contribution >= 0.6 is 0 Å². The van der Waals surface area contributed by atoms with Gasteiger partial charge in [-0.25, -0.2) is 0 Å². The molecule has 0 unspecified atom stereocenters. The molecule has 0 amide bonds. The van der Waals surface area contributed by atoms with Gasteiger partial charge in [-0.15, -0.1) is 5.10 Å². The van der Waals surface area contributed by atoms with Crippen LogP contribution in [-0.2, 0) is 11.2 Å². The van der Waals surface area contributed by atoms with Crippen molar-refractivity contribution in [1.82, 2.24) is 20.7 Å². The number of carbonyl (C=O) groups is 1. The number of carboxylic acid groups (broad SMARTS) is 1. The largest absolute Gasteiger partial charge is 0.480 e. The van der Waals surface area contributed by atoms with Crippen molar-refractivity contribution in [2.24, 2.45) is 0 Å². The third kappa shape index (κ3) is 2.03. The molecule has 1 aromatic heterocycles. The normalized spacial score (nSPS) is 12.8. The molecular formula is C6H10N4O2. The Bertz CT molecular complexity index is 246. The van der Waals surface area contributed by atoms with Crippen molar-refractivity contribution < 1.29 is 9.90 Å². The van der Waals surface area contributed by atoms with Gasteiger partial charge in [0.15, 0.2) is 0 Å². The number of carboxylic acids is 1. The summed E-state index contributed by atoms with van der Waals surface area (Å²) in [6.07, 6.45) is 1.91. The number of aliphatic carboxylic acids is 1. The number of hydrogen-bond donors (Lipinski definition) is 3. The van der Waals surface area contributed by atoms with Gasteiger partial charge in [-0.3, -0.25) is 9.89 Å². The maximum Gasteiger partial charge on any atom is 0.321 e. The summed E-state index contributed by atoms with van der Waals surface area (Å²) in [5, 5.41) is 21.0. The van der Waals surface area contributed by atoms with Crippen molar-refractivity contribution >= 4 is 5.97 Å². The SMILES string of the molecule is CN[C@@H](Cc1c[nH]nn1)C(=O)O. The van der Waals surface area contributed by atoms with E-state index >= 15 is 0 Å². The van der Waals surface area contributed by atoms with Crippen LogP contribution in [0, 0.1) is 0 Å². The quantitative estimate of drug-likeness (QED) is 0.540. The van der Waals surface area contributed by atoms with Gasteiger partial charge in [-0.05, 0) is 7.05 Å². The molecule has 66 valence electrons. The van der Waals surface area contributed by atoms with Crippen molar-refractivity contribution in [3.8, 4) is 0 Å². The summed E-state index contributed by atoms with van der Waals surface area (Å²) in [6.45, 7) is 0. The molecule has 1 rings (SSSR count). The van der Waals surface area contributed by atoms with Gasteiger partial charge in [-0.1, -0.05) is 5.21 Å². The van der Waals surface area contributed by atoms with Gasteiger partial charge in [0.05, 0.1) is 5.69 Å². The number of aromatic amines is 1. The molecule has 0 aliphatic heterocycles. The highest BCUT2D eigenvalue weighted by Gasteiger charge is 2.16. The molecule has 1 heterocycles. The fraction of sp³-hybridized carbons (Fsp3) is 0.500. The second-order valence-electron chi connectivity index (χ2n) is 2.35. The van der Waals surface area contributed by atoms with Gasteiger partial charge in [0.25, 0.3) is 0 Å². The van der Waals surface area contributed by atoms with Crippen LogP contribution < -0.4 is 5.32 Å². The van der Waals surface area contributed by atoms with E-state index in [2.05, 4.69) is 20.7 Å². The standard InChI is InChI=1S/C6H10N4O2/c1-7-5(6(11)12)2-4-3-8-10-9-4/h3,5,7H,2H2,1H3,(H,11,12)(H,8,9,10)/t5-/m0/s1. The van der Waals surface area contributed by atoms with E-state index in [-0.39, 0.29) is 0 Å². The molecule has 0 aliphatic rings. The maximum atomic E-state index is 10.5. The van der Waals surface area contributed by atoms with E-state index in [4.69, 9.17) is 5.11 Å². The zero-order chi connectivity index (χ0) is 8.97. The van der Waals surface area contributed by atoms with Gasteiger partial charge >= 0.3 is 5.97 Å². The first kappa shape index (κ1) is 8.66. The number of rotatable bonds is 4. The number of aromatic nitrogens is 3. The van der Waals surface area contributed by atoms with Crippen LogP contribution in [0.15, 0.2) is 6.20 Å². The molecule has 6 nitrogen and oxygen atoms in total. The fourth-order valence-corrected chi connectivity index (χ4v) is 0.847. The third-order valence-corrected chi connectivity index (χ3v) is 1.53.